The molecule has 2 nitrogen and oxygen atoms in total. The molecule has 2 aromatic carbocycles. The molecule has 0 unspecified atom stereocenters. The Labute approximate surface area is 134 Å². The first-order chi connectivity index (χ1) is 9.99. The molecule has 110 valence electrons. The van der Waals surface area contributed by atoms with Gasteiger partial charge in [0, 0.05) is 10.0 Å². The summed E-state index contributed by atoms with van der Waals surface area (Å²) in [6.45, 7) is 6.31. The summed E-state index contributed by atoms with van der Waals surface area (Å²) in [5, 5.41) is 0. The molecular formula is C18H19BrO2. The van der Waals surface area contributed by atoms with Gasteiger partial charge in [0.1, 0.15) is 5.75 Å². The van der Waals surface area contributed by atoms with Crippen LogP contribution in [0.1, 0.15) is 41.3 Å². The molecular weight excluding hydrogens is 328 g/mol. The molecule has 0 bridgehead atoms. The number of hydrogen-bond acceptors (Lipinski definition) is 2. The molecule has 0 aliphatic rings. The van der Waals surface area contributed by atoms with Crippen molar-refractivity contribution in [2.75, 3.05) is 6.61 Å². The van der Waals surface area contributed by atoms with Crippen molar-refractivity contribution >= 4 is 21.7 Å². The summed E-state index contributed by atoms with van der Waals surface area (Å²) in [7, 11) is 0. The van der Waals surface area contributed by atoms with Crippen LogP contribution < -0.4 is 4.74 Å². The number of aryl methyl sites for hydroxylation is 1. The Hall–Kier alpha value is -1.61. The Kier molecular flexibility index (Phi) is 5.18. The predicted molar refractivity (Wildman–Crippen MR) is 89.2 cm³/mol. The van der Waals surface area contributed by atoms with Crippen molar-refractivity contribution in [3.8, 4) is 5.75 Å². The molecule has 0 aliphatic carbocycles. The van der Waals surface area contributed by atoms with Crippen LogP contribution >= 0.6 is 15.9 Å². The molecule has 2 rings (SSSR count). The van der Waals surface area contributed by atoms with E-state index in [0.29, 0.717) is 11.5 Å². The van der Waals surface area contributed by atoms with Gasteiger partial charge in [-0.2, -0.15) is 0 Å². The molecule has 21 heavy (non-hydrogen) atoms. The van der Waals surface area contributed by atoms with Crippen LogP contribution in [0.15, 0.2) is 46.9 Å². The highest BCUT2D eigenvalue weighted by molar-refractivity contribution is 9.10. The average Bonchev–Trinajstić information content (AvgIpc) is 2.46. The summed E-state index contributed by atoms with van der Waals surface area (Å²) in [4.78, 5) is 12.2. The highest BCUT2D eigenvalue weighted by atomic mass is 79.9. The molecule has 0 saturated carbocycles. The lowest BCUT2D eigenvalue weighted by molar-refractivity contribution is 0.0920. The van der Waals surface area contributed by atoms with Gasteiger partial charge in [-0.1, -0.05) is 60.1 Å². The zero-order valence-corrected chi connectivity index (χ0v) is 14.1. The second kappa shape index (κ2) is 6.90. The summed E-state index contributed by atoms with van der Waals surface area (Å²) < 4.78 is 6.53. The van der Waals surface area contributed by atoms with Gasteiger partial charge in [0.15, 0.2) is 6.61 Å². The number of halogens is 1. The molecule has 0 N–H and O–H groups in total. The SMILES string of the molecule is Cc1ccc(C(C)C)cc1OCC(=O)c1ccccc1Br. The number of ether oxygens (including phenoxy) is 1. The predicted octanol–water partition coefficient (Wildman–Crippen LogP) is 5.14. The highest BCUT2D eigenvalue weighted by Crippen LogP contribution is 2.25. The fourth-order valence-electron chi connectivity index (χ4n) is 2.04. The van der Waals surface area contributed by atoms with E-state index in [1.165, 1.54) is 5.56 Å². The van der Waals surface area contributed by atoms with E-state index >= 15 is 0 Å². The van der Waals surface area contributed by atoms with E-state index in [0.717, 1.165) is 15.8 Å². The Morgan fingerprint density at radius 3 is 2.57 bits per heavy atom. The second-order valence-electron chi connectivity index (χ2n) is 5.37. The van der Waals surface area contributed by atoms with E-state index in [1.54, 1.807) is 6.07 Å². The van der Waals surface area contributed by atoms with Crippen molar-refractivity contribution in [2.24, 2.45) is 0 Å². The third-order valence-corrected chi connectivity index (χ3v) is 4.10. The number of carbonyl (C=O) groups excluding carboxylic acids is 1. The molecule has 2 aromatic rings. The minimum Gasteiger partial charge on any atom is -0.485 e. The fraction of sp³-hybridized carbons (Fsp3) is 0.278. The quantitative estimate of drug-likeness (QED) is 0.700. The molecule has 0 fully saturated rings. The summed E-state index contributed by atoms with van der Waals surface area (Å²) in [6, 6.07) is 13.6. The van der Waals surface area contributed by atoms with Crippen LogP contribution in [0, 0.1) is 6.92 Å². The normalized spacial score (nSPS) is 10.7. The molecule has 0 aliphatic heterocycles. The molecule has 0 aromatic heterocycles. The zero-order valence-electron chi connectivity index (χ0n) is 12.5. The number of rotatable bonds is 5. The monoisotopic (exact) mass is 346 g/mol. The Balaban J connectivity index is 2.11. The van der Waals surface area contributed by atoms with Crippen molar-refractivity contribution in [2.45, 2.75) is 26.7 Å². The highest BCUT2D eigenvalue weighted by Gasteiger charge is 2.11. The van der Waals surface area contributed by atoms with Crippen LogP contribution in [0.25, 0.3) is 0 Å². The van der Waals surface area contributed by atoms with E-state index in [-0.39, 0.29) is 12.4 Å². The Morgan fingerprint density at radius 2 is 1.90 bits per heavy atom. The summed E-state index contributed by atoms with van der Waals surface area (Å²) in [5.74, 6) is 1.19. The largest absolute Gasteiger partial charge is 0.485 e. The summed E-state index contributed by atoms with van der Waals surface area (Å²) in [6.07, 6.45) is 0. The van der Waals surface area contributed by atoms with Gasteiger partial charge >= 0.3 is 0 Å². The lowest BCUT2D eigenvalue weighted by Gasteiger charge is -2.12. The molecule has 0 radical (unpaired) electrons. The van der Waals surface area contributed by atoms with Crippen LogP contribution in [0.5, 0.6) is 5.75 Å². The van der Waals surface area contributed by atoms with Gasteiger partial charge in [-0.3, -0.25) is 4.79 Å². The first kappa shape index (κ1) is 15.8. The lowest BCUT2D eigenvalue weighted by Crippen LogP contribution is -2.12. The van der Waals surface area contributed by atoms with Crippen LogP contribution in [-0.4, -0.2) is 12.4 Å². The maximum atomic E-state index is 12.2. The molecule has 0 saturated heterocycles. The third kappa shape index (κ3) is 3.94. The Morgan fingerprint density at radius 1 is 1.19 bits per heavy atom. The standard InChI is InChI=1S/C18H19BrO2/c1-12(2)14-9-8-13(3)18(10-14)21-11-17(20)15-6-4-5-7-16(15)19/h4-10,12H,11H2,1-3H3. The Bertz CT molecular complexity index is 647. The first-order valence-corrected chi connectivity index (χ1v) is 7.79. The minimum absolute atomic E-state index is 0.0307. The van der Waals surface area contributed by atoms with Gasteiger partial charge in [-0.25, -0.2) is 0 Å². The van der Waals surface area contributed by atoms with Gasteiger partial charge in [0.05, 0.1) is 0 Å². The van der Waals surface area contributed by atoms with Crippen molar-refractivity contribution in [3.63, 3.8) is 0 Å². The average molecular weight is 347 g/mol. The van der Waals surface area contributed by atoms with E-state index < -0.39 is 0 Å². The maximum Gasteiger partial charge on any atom is 0.201 e. The van der Waals surface area contributed by atoms with Gasteiger partial charge in [0.2, 0.25) is 5.78 Å². The lowest BCUT2D eigenvalue weighted by atomic mass is 10.0. The van der Waals surface area contributed by atoms with Gasteiger partial charge < -0.3 is 4.74 Å². The minimum atomic E-state index is -0.0307. The van der Waals surface area contributed by atoms with E-state index in [2.05, 4.69) is 35.8 Å². The van der Waals surface area contributed by atoms with Crippen molar-refractivity contribution < 1.29 is 9.53 Å². The van der Waals surface area contributed by atoms with E-state index in [9.17, 15) is 4.79 Å². The topological polar surface area (TPSA) is 26.3 Å². The smallest absolute Gasteiger partial charge is 0.201 e. The number of benzene rings is 2. The number of Topliss-reactive ketones (excluding diaryl/α,β-unsaturated/α-hetero) is 1. The summed E-state index contributed by atoms with van der Waals surface area (Å²) >= 11 is 3.39. The fourth-order valence-corrected chi connectivity index (χ4v) is 2.55. The summed E-state index contributed by atoms with van der Waals surface area (Å²) in [5.41, 5.74) is 2.90. The molecule has 0 spiro atoms. The van der Waals surface area contributed by atoms with Crippen LogP contribution in [0.3, 0.4) is 0 Å². The first-order valence-electron chi connectivity index (χ1n) is 7.00. The van der Waals surface area contributed by atoms with E-state index in [4.69, 9.17) is 4.74 Å². The number of ketones is 1. The molecule has 3 heteroatoms. The van der Waals surface area contributed by atoms with Crippen molar-refractivity contribution in [1.82, 2.24) is 0 Å². The number of hydrogen-bond donors (Lipinski definition) is 0. The maximum absolute atomic E-state index is 12.2. The zero-order chi connectivity index (χ0) is 15.4. The van der Waals surface area contributed by atoms with Gasteiger partial charge in [-0.15, -0.1) is 0 Å². The van der Waals surface area contributed by atoms with E-state index in [1.807, 2.05) is 37.3 Å². The van der Waals surface area contributed by atoms with Crippen molar-refractivity contribution in [3.05, 3.63) is 63.6 Å². The molecule has 0 heterocycles. The van der Waals surface area contributed by atoms with Crippen LogP contribution in [0.2, 0.25) is 0 Å². The van der Waals surface area contributed by atoms with Crippen LogP contribution in [0.4, 0.5) is 0 Å². The third-order valence-electron chi connectivity index (χ3n) is 3.41. The van der Waals surface area contributed by atoms with Gasteiger partial charge in [-0.05, 0) is 36.1 Å². The van der Waals surface area contributed by atoms with Gasteiger partial charge in [0.25, 0.3) is 0 Å². The second-order valence-corrected chi connectivity index (χ2v) is 6.23. The van der Waals surface area contributed by atoms with Crippen LogP contribution in [-0.2, 0) is 0 Å². The van der Waals surface area contributed by atoms with Crippen molar-refractivity contribution in [1.29, 1.82) is 0 Å². The molecule has 0 amide bonds. The number of carbonyl (C=O) groups is 1. The molecule has 0 atom stereocenters.